The lowest BCUT2D eigenvalue weighted by atomic mass is 9.93. The number of hydrogen-bond acceptors (Lipinski definition) is 6. The van der Waals surface area contributed by atoms with Gasteiger partial charge >= 0.3 is 0 Å². The van der Waals surface area contributed by atoms with Crippen LogP contribution in [0, 0.1) is 0 Å². The first-order chi connectivity index (χ1) is 13.1. The minimum absolute atomic E-state index is 0.0537. The molecule has 1 N–H and O–H groups in total. The highest BCUT2D eigenvalue weighted by atomic mass is 32.1. The van der Waals surface area contributed by atoms with Gasteiger partial charge in [0.25, 0.3) is 5.91 Å². The topological polar surface area (TPSA) is 66.3 Å². The van der Waals surface area contributed by atoms with Crippen LogP contribution in [0.15, 0.2) is 17.5 Å². The summed E-state index contributed by atoms with van der Waals surface area (Å²) in [5.74, 6) is 1.33. The number of aromatic nitrogens is 3. The normalized spacial score (nSPS) is 26.3. The molecule has 1 saturated heterocycles. The van der Waals surface area contributed by atoms with Crippen LogP contribution in [0.2, 0.25) is 0 Å². The number of fused-ring (bicyclic) bond motifs is 1. The van der Waals surface area contributed by atoms with Crippen LogP contribution in [0.1, 0.15) is 47.0 Å². The molecule has 1 saturated carbocycles. The standard InChI is InChI=1S/C19H26N6OS/c1-23-11-16-21-22-17(18(26)20-14-4-2-5-14)25(16)13-19(23)7-8-24(12-19)10-15-6-3-9-27-15/h3,6,9,14H,2,4-5,7-8,10-13H2,1H3,(H,20,26). The molecule has 1 atom stereocenters. The van der Waals surface area contributed by atoms with E-state index in [2.05, 4.69) is 54.4 Å². The van der Waals surface area contributed by atoms with Gasteiger partial charge in [-0.05, 0) is 44.2 Å². The van der Waals surface area contributed by atoms with Crippen molar-refractivity contribution in [2.75, 3.05) is 20.1 Å². The van der Waals surface area contributed by atoms with Crippen LogP contribution < -0.4 is 5.32 Å². The van der Waals surface area contributed by atoms with Gasteiger partial charge in [-0.3, -0.25) is 14.6 Å². The summed E-state index contributed by atoms with van der Waals surface area (Å²) in [5.41, 5.74) is 0.0537. The molecule has 1 amide bonds. The van der Waals surface area contributed by atoms with Gasteiger partial charge in [0.1, 0.15) is 5.82 Å². The largest absolute Gasteiger partial charge is 0.347 e. The van der Waals surface area contributed by atoms with Crippen molar-refractivity contribution < 1.29 is 4.79 Å². The molecular formula is C19H26N6OS. The number of nitrogens with one attached hydrogen (secondary N) is 1. The first-order valence-corrected chi connectivity index (χ1v) is 10.7. The van der Waals surface area contributed by atoms with Crippen LogP contribution in [-0.2, 0) is 19.6 Å². The number of likely N-dealkylation sites (N-methyl/N-ethyl adjacent to an activating group) is 1. The Balaban J connectivity index is 1.34. The van der Waals surface area contributed by atoms with Crippen molar-refractivity contribution in [3.05, 3.63) is 34.0 Å². The maximum absolute atomic E-state index is 12.7. The Morgan fingerprint density at radius 3 is 3.00 bits per heavy atom. The number of thiophene rings is 1. The number of nitrogens with zero attached hydrogens (tertiary/aromatic N) is 5. The maximum atomic E-state index is 12.7. The molecule has 27 heavy (non-hydrogen) atoms. The number of carbonyl (C=O) groups is 1. The summed E-state index contributed by atoms with van der Waals surface area (Å²) in [4.78, 5) is 19.0. The number of hydrogen-bond donors (Lipinski definition) is 1. The lowest BCUT2D eigenvalue weighted by molar-refractivity contribution is 0.0646. The summed E-state index contributed by atoms with van der Waals surface area (Å²) < 4.78 is 2.07. The fourth-order valence-corrected chi connectivity index (χ4v) is 5.27. The molecule has 144 valence electrons. The van der Waals surface area contributed by atoms with Gasteiger partial charge < -0.3 is 9.88 Å². The molecule has 1 spiro atoms. The number of carbonyl (C=O) groups excluding carboxylic acids is 1. The van der Waals surface area contributed by atoms with E-state index in [1.54, 1.807) is 0 Å². The van der Waals surface area contributed by atoms with E-state index in [1.165, 1.54) is 11.3 Å². The van der Waals surface area contributed by atoms with Crippen LogP contribution in [0.4, 0.5) is 0 Å². The van der Waals surface area contributed by atoms with Gasteiger partial charge in [-0.1, -0.05) is 6.07 Å². The summed E-state index contributed by atoms with van der Waals surface area (Å²) in [6.45, 7) is 4.65. The van der Waals surface area contributed by atoms with Crippen molar-refractivity contribution >= 4 is 17.2 Å². The molecule has 1 aliphatic carbocycles. The molecule has 3 aliphatic rings. The maximum Gasteiger partial charge on any atom is 0.289 e. The Bertz CT molecular complexity index is 829. The fraction of sp³-hybridized carbons (Fsp3) is 0.632. The number of amides is 1. The van der Waals surface area contributed by atoms with Gasteiger partial charge in [-0.25, -0.2) is 0 Å². The molecule has 2 aliphatic heterocycles. The molecular weight excluding hydrogens is 360 g/mol. The second-order valence-corrected chi connectivity index (χ2v) is 9.28. The molecule has 5 rings (SSSR count). The number of likely N-dealkylation sites (tertiary alicyclic amines) is 1. The third-order valence-electron chi connectivity index (χ3n) is 6.48. The Hall–Kier alpha value is -1.77. The van der Waals surface area contributed by atoms with Gasteiger partial charge in [-0.15, -0.1) is 21.5 Å². The molecule has 4 heterocycles. The quantitative estimate of drug-likeness (QED) is 0.867. The Morgan fingerprint density at radius 2 is 2.26 bits per heavy atom. The average Bonchev–Trinajstić information content (AvgIpc) is 3.34. The van der Waals surface area contributed by atoms with Gasteiger partial charge in [0.15, 0.2) is 0 Å². The molecule has 8 heteroatoms. The molecule has 2 aromatic heterocycles. The smallest absolute Gasteiger partial charge is 0.289 e. The van der Waals surface area contributed by atoms with Crippen molar-refractivity contribution in [1.82, 2.24) is 29.9 Å². The monoisotopic (exact) mass is 386 g/mol. The van der Waals surface area contributed by atoms with E-state index < -0.39 is 0 Å². The molecule has 2 aromatic rings. The number of rotatable bonds is 4. The minimum Gasteiger partial charge on any atom is -0.347 e. The third-order valence-corrected chi connectivity index (χ3v) is 7.34. The van der Waals surface area contributed by atoms with E-state index in [0.717, 1.165) is 57.8 Å². The van der Waals surface area contributed by atoms with Crippen LogP contribution in [-0.4, -0.2) is 62.2 Å². The zero-order chi connectivity index (χ0) is 18.4. The Kier molecular flexibility index (Phi) is 4.29. The van der Waals surface area contributed by atoms with Crippen molar-refractivity contribution in [3.63, 3.8) is 0 Å². The SMILES string of the molecule is CN1Cc2nnc(C(=O)NC3CCC3)n2CC12CCN(Cc1cccs1)C2. The van der Waals surface area contributed by atoms with Crippen LogP contribution >= 0.6 is 11.3 Å². The molecule has 1 unspecified atom stereocenters. The van der Waals surface area contributed by atoms with Crippen molar-refractivity contribution in [3.8, 4) is 0 Å². The van der Waals surface area contributed by atoms with E-state index in [0.29, 0.717) is 11.9 Å². The highest BCUT2D eigenvalue weighted by Crippen LogP contribution is 2.35. The van der Waals surface area contributed by atoms with E-state index in [1.807, 2.05) is 11.3 Å². The van der Waals surface area contributed by atoms with Crippen LogP contribution in [0.3, 0.4) is 0 Å². The summed E-state index contributed by atoms with van der Waals surface area (Å²) in [7, 11) is 2.18. The van der Waals surface area contributed by atoms with Gasteiger partial charge in [0.2, 0.25) is 5.82 Å². The van der Waals surface area contributed by atoms with Crippen molar-refractivity contribution in [2.45, 2.75) is 56.9 Å². The zero-order valence-corrected chi connectivity index (χ0v) is 16.5. The first kappa shape index (κ1) is 17.3. The molecule has 0 aromatic carbocycles. The fourth-order valence-electron chi connectivity index (χ4n) is 4.52. The summed E-state index contributed by atoms with van der Waals surface area (Å²) in [5, 5.41) is 13.8. The Morgan fingerprint density at radius 1 is 1.37 bits per heavy atom. The van der Waals surface area contributed by atoms with Gasteiger partial charge in [-0.2, -0.15) is 0 Å². The van der Waals surface area contributed by atoms with Crippen LogP contribution in [0.25, 0.3) is 0 Å². The zero-order valence-electron chi connectivity index (χ0n) is 15.7. The first-order valence-electron chi connectivity index (χ1n) is 9.82. The van der Waals surface area contributed by atoms with Crippen molar-refractivity contribution in [1.29, 1.82) is 0 Å². The van der Waals surface area contributed by atoms with Crippen LogP contribution in [0.5, 0.6) is 0 Å². The average molecular weight is 387 g/mol. The molecule has 7 nitrogen and oxygen atoms in total. The molecule has 0 bridgehead atoms. The Labute approximate surface area is 163 Å². The predicted octanol–water partition coefficient (Wildman–Crippen LogP) is 1.71. The van der Waals surface area contributed by atoms with Gasteiger partial charge in [0, 0.05) is 37.1 Å². The second kappa shape index (κ2) is 6.68. The lowest BCUT2D eigenvalue weighted by Crippen LogP contribution is -2.55. The highest BCUT2D eigenvalue weighted by Gasteiger charge is 2.46. The van der Waals surface area contributed by atoms with Gasteiger partial charge in [0.05, 0.1) is 12.1 Å². The summed E-state index contributed by atoms with van der Waals surface area (Å²) in [6, 6.07) is 4.65. The summed E-state index contributed by atoms with van der Waals surface area (Å²) in [6.07, 6.45) is 4.47. The molecule has 2 fully saturated rings. The second-order valence-electron chi connectivity index (χ2n) is 8.25. The predicted molar refractivity (Wildman–Crippen MR) is 104 cm³/mol. The molecule has 0 radical (unpaired) electrons. The lowest BCUT2D eigenvalue weighted by Gasteiger charge is -2.43. The summed E-state index contributed by atoms with van der Waals surface area (Å²) >= 11 is 1.82. The highest BCUT2D eigenvalue weighted by molar-refractivity contribution is 7.09. The van der Waals surface area contributed by atoms with Crippen molar-refractivity contribution in [2.24, 2.45) is 0 Å². The van der Waals surface area contributed by atoms with E-state index in [-0.39, 0.29) is 11.4 Å². The van der Waals surface area contributed by atoms with E-state index in [4.69, 9.17) is 0 Å². The van der Waals surface area contributed by atoms with E-state index >= 15 is 0 Å². The van der Waals surface area contributed by atoms with E-state index in [9.17, 15) is 4.79 Å². The third kappa shape index (κ3) is 3.09. The minimum atomic E-state index is -0.0633.